The van der Waals surface area contributed by atoms with Crippen molar-refractivity contribution in [1.29, 1.82) is 0 Å². The number of rotatable bonds is 7. The summed E-state index contributed by atoms with van der Waals surface area (Å²) in [7, 11) is 2.14. The number of hydrogen-bond donors (Lipinski definition) is 3. The zero-order valence-corrected chi connectivity index (χ0v) is 22.8. The van der Waals surface area contributed by atoms with Crippen LogP contribution in [-0.4, -0.2) is 78.0 Å². The minimum absolute atomic E-state index is 0.112. The van der Waals surface area contributed by atoms with Gasteiger partial charge in [-0.25, -0.2) is 4.98 Å². The first-order valence-electron chi connectivity index (χ1n) is 13.3. The normalized spacial score (nSPS) is 15.8. The van der Waals surface area contributed by atoms with Gasteiger partial charge in [0.25, 0.3) is 0 Å². The van der Waals surface area contributed by atoms with Gasteiger partial charge in [0, 0.05) is 75.1 Å². The molecular formula is C29H29N5O5S. The molecule has 1 saturated heterocycles. The highest BCUT2D eigenvalue weighted by Crippen LogP contribution is 2.37. The number of nitrogens with one attached hydrogen (secondary N) is 2. The molecule has 1 fully saturated rings. The molecule has 5 aromatic rings. The van der Waals surface area contributed by atoms with E-state index in [0.717, 1.165) is 50.5 Å². The van der Waals surface area contributed by atoms with Crippen LogP contribution in [0, 0.1) is 0 Å². The van der Waals surface area contributed by atoms with Gasteiger partial charge in [0.2, 0.25) is 12.2 Å². The molecule has 2 aliphatic rings. The smallest absolute Gasteiger partial charge is 0.231 e. The molecule has 0 atom stereocenters. The maximum absolute atomic E-state index is 13.9. The Kier molecular flexibility index (Phi) is 6.34. The van der Waals surface area contributed by atoms with E-state index >= 15 is 0 Å². The Bertz CT molecular complexity index is 1750. The highest BCUT2D eigenvalue weighted by atomic mass is 32.1. The highest BCUT2D eigenvalue weighted by molar-refractivity contribution is 7.13. The number of hydrogen-bond acceptors (Lipinski definition) is 10. The maximum atomic E-state index is 13.9. The molecule has 5 heterocycles. The maximum Gasteiger partial charge on any atom is 0.231 e. The number of aromatic amines is 1. The second-order valence-electron chi connectivity index (χ2n) is 10.3. The molecule has 2 aromatic carbocycles. The quantitative estimate of drug-likeness (QED) is 0.271. The number of aromatic nitrogens is 2. The van der Waals surface area contributed by atoms with Crippen molar-refractivity contribution in [2.75, 3.05) is 58.4 Å². The largest absolute Gasteiger partial charge is 0.507 e. The van der Waals surface area contributed by atoms with E-state index in [2.05, 4.69) is 32.1 Å². The van der Waals surface area contributed by atoms with E-state index < -0.39 is 0 Å². The molecule has 0 unspecified atom stereocenters. The zero-order valence-electron chi connectivity index (χ0n) is 22.0. The van der Waals surface area contributed by atoms with Gasteiger partial charge in [-0.05, 0) is 24.7 Å². The van der Waals surface area contributed by atoms with Gasteiger partial charge in [-0.1, -0.05) is 6.07 Å². The Labute approximate surface area is 233 Å². The van der Waals surface area contributed by atoms with Crippen molar-refractivity contribution < 1.29 is 19.0 Å². The molecule has 2 aliphatic heterocycles. The third kappa shape index (κ3) is 4.55. The van der Waals surface area contributed by atoms with E-state index in [4.69, 9.17) is 13.9 Å². The van der Waals surface area contributed by atoms with Crippen LogP contribution in [0.1, 0.15) is 11.3 Å². The van der Waals surface area contributed by atoms with Crippen LogP contribution in [-0.2, 0) is 6.42 Å². The van der Waals surface area contributed by atoms with Gasteiger partial charge in [-0.15, -0.1) is 11.3 Å². The second kappa shape index (κ2) is 10.2. The summed E-state index contributed by atoms with van der Waals surface area (Å²) in [5.74, 6) is 1.29. The summed E-state index contributed by atoms with van der Waals surface area (Å²) in [5.41, 5.74) is 3.50. The number of ether oxygens (including phenoxy) is 2. The van der Waals surface area contributed by atoms with Gasteiger partial charge in [0.1, 0.15) is 21.7 Å². The van der Waals surface area contributed by atoms with Crippen molar-refractivity contribution in [3.63, 3.8) is 0 Å². The number of phenolic OH excluding ortho intramolecular Hbond substituents is 1. The molecular weight excluding hydrogens is 530 g/mol. The van der Waals surface area contributed by atoms with Crippen LogP contribution in [0.5, 0.6) is 17.2 Å². The molecule has 40 heavy (non-hydrogen) atoms. The van der Waals surface area contributed by atoms with Crippen LogP contribution >= 0.6 is 11.3 Å². The molecule has 0 bridgehead atoms. The Hall–Kier alpha value is -4.06. The van der Waals surface area contributed by atoms with Gasteiger partial charge >= 0.3 is 0 Å². The summed E-state index contributed by atoms with van der Waals surface area (Å²) in [5, 5.41) is 17.4. The predicted octanol–water partition coefficient (Wildman–Crippen LogP) is 4.08. The minimum Gasteiger partial charge on any atom is -0.507 e. The summed E-state index contributed by atoms with van der Waals surface area (Å²) in [6.45, 7) is 6.01. The number of aromatic hydroxyl groups is 1. The van der Waals surface area contributed by atoms with Gasteiger partial charge in [0.05, 0.1) is 16.8 Å². The average molecular weight is 560 g/mol. The van der Waals surface area contributed by atoms with Crippen molar-refractivity contribution in [3.05, 3.63) is 63.4 Å². The number of phenols is 1. The molecule has 10 nitrogen and oxygen atoms in total. The number of benzene rings is 2. The van der Waals surface area contributed by atoms with Gasteiger partial charge < -0.3 is 34.2 Å². The topological polar surface area (TPSA) is 116 Å². The number of likely N-dealkylation sites (N-methyl/N-ethyl adjacent to an activating group) is 1. The molecule has 206 valence electrons. The number of anilines is 1. The lowest BCUT2D eigenvalue weighted by Crippen LogP contribution is -2.45. The second-order valence-corrected chi connectivity index (χ2v) is 11.2. The summed E-state index contributed by atoms with van der Waals surface area (Å²) >= 11 is 1.43. The number of thiazole rings is 1. The third-order valence-corrected chi connectivity index (χ3v) is 8.38. The zero-order chi connectivity index (χ0) is 27.2. The SMILES string of the molecule is CN1CCN(CCNc2cc(O)c3c(=O)c4c(-c5nccs5)[nH]c(Cc5ccc6c(c5)OCO6)c4oc3c2)CC1. The van der Waals surface area contributed by atoms with E-state index in [1.807, 2.05) is 23.6 Å². The van der Waals surface area contributed by atoms with E-state index in [1.165, 1.54) is 11.3 Å². The predicted molar refractivity (Wildman–Crippen MR) is 155 cm³/mol. The van der Waals surface area contributed by atoms with Crippen molar-refractivity contribution in [2.45, 2.75) is 6.42 Å². The third-order valence-electron chi connectivity index (χ3n) is 7.59. The number of piperazine rings is 1. The molecule has 0 spiro atoms. The van der Waals surface area contributed by atoms with Crippen LogP contribution in [0.4, 0.5) is 5.69 Å². The first-order chi connectivity index (χ1) is 19.5. The summed E-state index contributed by atoms with van der Waals surface area (Å²) in [6, 6.07) is 9.18. The Morgan fingerprint density at radius 3 is 2.77 bits per heavy atom. The molecule has 11 heteroatoms. The fourth-order valence-electron chi connectivity index (χ4n) is 5.43. The van der Waals surface area contributed by atoms with Crippen LogP contribution < -0.4 is 20.2 Å². The molecule has 0 radical (unpaired) electrons. The van der Waals surface area contributed by atoms with Crippen molar-refractivity contribution in [3.8, 4) is 28.0 Å². The van der Waals surface area contributed by atoms with Gasteiger partial charge in [-0.2, -0.15) is 0 Å². The minimum atomic E-state index is -0.295. The average Bonchev–Trinajstić information content (AvgIpc) is 3.70. The monoisotopic (exact) mass is 559 g/mol. The Morgan fingerprint density at radius 1 is 1.10 bits per heavy atom. The first-order valence-corrected chi connectivity index (χ1v) is 14.2. The lowest BCUT2D eigenvalue weighted by molar-refractivity contribution is 0.158. The molecule has 0 aliphatic carbocycles. The number of H-pyrrole nitrogens is 1. The summed E-state index contributed by atoms with van der Waals surface area (Å²) in [4.78, 5) is 26.5. The fourth-order valence-corrected chi connectivity index (χ4v) is 6.07. The molecule has 0 saturated carbocycles. The Morgan fingerprint density at radius 2 is 1.95 bits per heavy atom. The number of nitrogens with zero attached hydrogens (tertiary/aromatic N) is 3. The van der Waals surface area contributed by atoms with Gasteiger partial charge in [0.15, 0.2) is 17.1 Å². The van der Waals surface area contributed by atoms with E-state index in [-0.39, 0.29) is 23.4 Å². The Balaban J connectivity index is 1.26. The summed E-state index contributed by atoms with van der Waals surface area (Å²) in [6.07, 6.45) is 2.17. The number of fused-ring (bicyclic) bond motifs is 3. The highest BCUT2D eigenvalue weighted by Gasteiger charge is 2.24. The molecule has 0 amide bonds. The van der Waals surface area contributed by atoms with E-state index in [0.29, 0.717) is 50.9 Å². The van der Waals surface area contributed by atoms with Crippen molar-refractivity contribution in [1.82, 2.24) is 19.8 Å². The fraction of sp³-hybridized carbons (Fsp3) is 0.310. The summed E-state index contributed by atoms with van der Waals surface area (Å²) < 4.78 is 17.4. The van der Waals surface area contributed by atoms with Crippen LogP contribution in [0.25, 0.3) is 32.6 Å². The standard InChI is InChI=1S/C29H29N5O5S/c1-33-7-9-34(10-8-33)6-4-30-18-14-20(35)24-23(15-18)39-28-19(12-17-2-3-21-22(13-17)38-16-37-21)32-26(25(28)27(24)36)29-31-5-11-40-29/h2-3,5,11,13-15,30,32,35H,4,6-10,12,16H2,1H3. The lowest BCUT2D eigenvalue weighted by Gasteiger charge is -2.32. The molecule has 7 rings (SSSR count). The van der Waals surface area contributed by atoms with Crippen LogP contribution in [0.2, 0.25) is 0 Å². The van der Waals surface area contributed by atoms with Crippen molar-refractivity contribution >= 4 is 39.0 Å². The van der Waals surface area contributed by atoms with Crippen LogP contribution in [0.3, 0.4) is 0 Å². The molecule has 3 N–H and O–H groups in total. The van der Waals surface area contributed by atoms with Gasteiger partial charge in [-0.3, -0.25) is 9.69 Å². The van der Waals surface area contributed by atoms with Crippen LogP contribution in [0.15, 0.2) is 51.1 Å². The lowest BCUT2D eigenvalue weighted by atomic mass is 10.1. The van der Waals surface area contributed by atoms with E-state index in [9.17, 15) is 9.90 Å². The van der Waals surface area contributed by atoms with E-state index in [1.54, 1.807) is 18.3 Å². The van der Waals surface area contributed by atoms with Crippen molar-refractivity contribution in [2.24, 2.45) is 0 Å². The molecule has 3 aromatic heterocycles. The first kappa shape index (κ1) is 24.9.